The molecule has 0 aliphatic carbocycles. The summed E-state index contributed by atoms with van der Waals surface area (Å²) < 4.78 is 17.2. The lowest BCUT2D eigenvalue weighted by Crippen LogP contribution is -1.96. The highest BCUT2D eigenvalue weighted by Crippen LogP contribution is 2.40. The lowest BCUT2D eigenvalue weighted by atomic mass is 10.1. The number of fused-ring (bicyclic) bond motifs is 1. The third kappa shape index (κ3) is 8.05. The maximum absolute atomic E-state index is 6.01. The zero-order chi connectivity index (χ0) is 25.7. The first-order valence-electron chi connectivity index (χ1n) is 14.0. The second-order valence-electron chi connectivity index (χ2n) is 9.65. The Labute approximate surface area is 229 Å². The van der Waals surface area contributed by atoms with Crippen LogP contribution in [0.3, 0.4) is 0 Å². The summed E-state index contributed by atoms with van der Waals surface area (Å²) in [4.78, 5) is 2.22. The summed E-state index contributed by atoms with van der Waals surface area (Å²) in [5.74, 6) is 1.85. The van der Waals surface area contributed by atoms with Gasteiger partial charge in [0.05, 0.1) is 13.2 Å². The molecule has 0 amide bonds. The predicted molar refractivity (Wildman–Crippen MR) is 156 cm³/mol. The van der Waals surface area contributed by atoms with Crippen LogP contribution in [0.2, 0.25) is 0 Å². The smallest absolute Gasteiger partial charge is 0.144 e. The molecule has 0 saturated heterocycles. The molecule has 0 aliphatic rings. The molecule has 0 N–H and O–H groups in total. The summed E-state index contributed by atoms with van der Waals surface area (Å²) in [7, 11) is 0. The van der Waals surface area contributed by atoms with Crippen LogP contribution in [0, 0.1) is 0 Å². The van der Waals surface area contributed by atoms with Crippen molar-refractivity contribution >= 4 is 33.7 Å². The Balaban J connectivity index is 1.33. The third-order valence-corrected chi connectivity index (χ3v) is 8.51. The van der Waals surface area contributed by atoms with Crippen molar-refractivity contribution in [2.24, 2.45) is 0 Å². The first-order chi connectivity index (χ1) is 18.3. The molecule has 3 heterocycles. The van der Waals surface area contributed by atoms with Gasteiger partial charge in [0.25, 0.3) is 0 Å². The van der Waals surface area contributed by atoms with Crippen LogP contribution in [0.5, 0.6) is 11.5 Å². The molecule has 7 heteroatoms. The highest BCUT2D eigenvalue weighted by atomic mass is 32.1. The largest absolute Gasteiger partial charge is 0.493 e. The monoisotopic (exact) mass is 540 g/mol. The van der Waals surface area contributed by atoms with E-state index in [2.05, 4.69) is 59.2 Å². The van der Waals surface area contributed by atoms with E-state index in [1.54, 1.807) is 22.7 Å². The van der Waals surface area contributed by atoms with Gasteiger partial charge in [0.15, 0.2) is 0 Å². The number of thiophene rings is 2. The standard InChI is InChI=1S/C30H40N2O3S2/c1-3-5-7-9-11-13-17-33-23-19-27(36-21-23)25-15-16-26(30-29(25)31-35-32-30)28-20-24(22-37-28)34-18-14-12-10-8-6-4-2/h15-16,19-22H,3-14,17-18H2,1-2H3. The number of hydrogen-bond donors (Lipinski definition) is 0. The lowest BCUT2D eigenvalue weighted by molar-refractivity contribution is 0.305. The van der Waals surface area contributed by atoms with Gasteiger partial charge in [0.2, 0.25) is 0 Å². The topological polar surface area (TPSA) is 57.4 Å². The van der Waals surface area contributed by atoms with Crippen LogP contribution in [-0.4, -0.2) is 23.5 Å². The Kier molecular flexibility index (Phi) is 11.3. The van der Waals surface area contributed by atoms with Gasteiger partial charge in [-0.2, -0.15) is 0 Å². The maximum Gasteiger partial charge on any atom is 0.144 e. The second-order valence-corrected chi connectivity index (χ2v) is 11.5. The fourth-order valence-corrected chi connectivity index (χ4v) is 6.19. The summed E-state index contributed by atoms with van der Waals surface area (Å²) >= 11 is 3.33. The predicted octanol–water partition coefficient (Wildman–Crippen LogP) is 10.2. The summed E-state index contributed by atoms with van der Waals surface area (Å²) in [6.45, 7) is 6.03. The molecule has 0 unspecified atom stereocenters. The Bertz CT molecular complexity index is 1110. The van der Waals surface area contributed by atoms with E-state index in [0.29, 0.717) is 0 Å². The average molecular weight is 541 g/mol. The van der Waals surface area contributed by atoms with Gasteiger partial charge in [-0.05, 0) is 35.3 Å². The van der Waals surface area contributed by atoms with Crippen molar-refractivity contribution in [1.82, 2.24) is 10.3 Å². The average Bonchev–Trinajstić information content (AvgIpc) is 3.68. The van der Waals surface area contributed by atoms with Crippen molar-refractivity contribution in [3.63, 3.8) is 0 Å². The minimum Gasteiger partial charge on any atom is -0.493 e. The van der Waals surface area contributed by atoms with Crippen molar-refractivity contribution in [3.8, 4) is 32.4 Å². The molecule has 0 saturated carbocycles. The summed E-state index contributed by atoms with van der Waals surface area (Å²) in [6.07, 6.45) is 15.2. The van der Waals surface area contributed by atoms with E-state index < -0.39 is 0 Å². The molecule has 4 rings (SSSR count). The minimum atomic E-state index is 0.768. The van der Waals surface area contributed by atoms with Crippen LogP contribution in [-0.2, 0) is 0 Å². The van der Waals surface area contributed by atoms with E-state index in [4.69, 9.17) is 14.1 Å². The summed E-state index contributed by atoms with van der Waals surface area (Å²) in [6, 6.07) is 8.43. The van der Waals surface area contributed by atoms with Crippen molar-refractivity contribution in [2.45, 2.75) is 90.9 Å². The number of nitrogens with zero attached hydrogens (tertiary/aromatic N) is 2. The van der Waals surface area contributed by atoms with Gasteiger partial charge in [-0.3, -0.25) is 0 Å². The Morgan fingerprint density at radius 3 is 1.51 bits per heavy atom. The number of benzene rings is 1. The Morgan fingerprint density at radius 2 is 1.05 bits per heavy atom. The Hall–Kier alpha value is -2.38. The maximum atomic E-state index is 6.01. The van der Waals surface area contributed by atoms with Gasteiger partial charge >= 0.3 is 0 Å². The van der Waals surface area contributed by atoms with E-state index in [1.807, 2.05) is 0 Å². The quantitative estimate of drug-likeness (QED) is 0.117. The van der Waals surface area contributed by atoms with Crippen LogP contribution in [0.1, 0.15) is 90.9 Å². The van der Waals surface area contributed by atoms with Crippen LogP contribution >= 0.6 is 22.7 Å². The number of unbranched alkanes of at least 4 members (excludes halogenated alkanes) is 10. The first kappa shape index (κ1) is 27.6. The number of hydrogen-bond acceptors (Lipinski definition) is 7. The second kappa shape index (κ2) is 15.1. The molecule has 0 radical (unpaired) electrons. The van der Waals surface area contributed by atoms with Crippen molar-refractivity contribution < 1.29 is 14.1 Å². The molecule has 0 bridgehead atoms. The van der Waals surface area contributed by atoms with Gasteiger partial charge in [0, 0.05) is 31.6 Å². The molecule has 0 spiro atoms. The van der Waals surface area contributed by atoms with Gasteiger partial charge in [-0.25, -0.2) is 4.63 Å². The molecular formula is C30H40N2O3S2. The van der Waals surface area contributed by atoms with Crippen LogP contribution < -0.4 is 9.47 Å². The number of rotatable bonds is 18. The van der Waals surface area contributed by atoms with E-state index in [1.165, 1.54) is 64.2 Å². The molecule has 0 atom stereocenters. The first-order valence-corrected chi connectivity index (χ1v) is 15.7. The van der Waals surface area contributed by atoms with Gasteiger partial charge < -0.3 is 9.47 Å². The molecule has 0 aliphatic heterocycles. The highest BCUT2D eigenvalue weighted by Gasteiger charge is 2.17. The molecule has 5 nitrogen and oxygen atoms in total. The normalized spacial score (nSPS) is 11.4. The minimum absolute atomic E-state index is 0.768. The summed E-state index contributed by atoms with van der Waals surface area (Å²) in [5.41, 5.74) is 3.61. The molecular weight excluding hydrogens is 500 g/mol. The molecule has 200 valence electrons. The van der Waals surface area contributed by atoms with Gasteiger partial charge in [-0.15, -0.1) is 22.7 Å². The fraction of sp³-hybridized carbons (Fsp3) is 0.533. The van der Waals surface area contributed by atoms with Crippen molar-refractivity contribution in [3.05, 3.63) is 35.0 Å². The van der Waals surface area contributed by atoms with Gasteiger partial charge in [-0.1, -0.05) is 90.2 Å². The molecule has 37 heavy (non-hydrogen) atoms. The van der Waals surface area contributed by atoms with E-state index >= 15 is 0 Å². The molecule has 0 fully saturated rings. The van der Waals surface area contributed by atoms with E-state index in [-0.39, 0.29) is 0 Å². The van der Waals surface area contributed by atoms with Crippen LogP contribution in [0.25, 0.3) is 31.9 Å². The number of ether oxygens (including phenoxy) is 2. The fourth-order valence-electron chi connectivity index (χ4n) is 4.48. The van der Waals surface area contributed by atoms with E-state index in [9.17, 15) is 0 Å². The van der Waals surface area contributed by atoms with Gasteiger partial charge in [0.1, 0.15) is 22.5 Å². The van der Waals surface area contributed by atoms with Crippen molar-refractivity contribution in [2.75, 3.05) is 13.2 Å². The molecule has 1 aromatic carbocycles. The lowest BCUT2D eigenvalue weighted by Gasteiger charge is -2.04. The van der Waals surface area contributed by atoms with Crippen LogP contribution in [0.15, 0.2) is 39.7 Å². The van der Waals surface area contributed by atoms with Crippen LogP contribution in [0.4, 0.5) is 0 Å². The Morgan fingerprint density at radius 1 is 0.622 bits per heavy atom. The zero-order valence-corrected chi connectivity index (χ0v) is 23.9. The molecule has 4 aromatic rings. The zero-order valence-electron chi connectivity index (χ0n) is 22.3. The summed E-state index contributed by atoms with van der Waals surface area (Å²) in [5, 5.41) is 12.7. The van der Waals surface area contributed by atoms with E-state index in [0.717, 1.165) is 69.5 Å². The van der Waals surface area contributed by atoms with Crippen molar-refractivity contribution in [1.29, 1.82) is 0 Å². The highest BCUT2D eigenvalue weighted by molar-refractivity contribution is 7.14. The SMILES string of the molecule is CCCCCCCCOc1csc(-c2ccc(-c3cc(OCCCCCCCC)cs3)c3nonc23)c1. The number of aromatic nitrogens is 2. The third-order valence-electron chi connectivity index (χ3n) is 6.63. The molecule has 3 aromatic heterocycles.